The molecule has 3 aromatic rings. The second kappa shape index (κ2) is 13.2. The number of hydrogen-bond acceptors (Lipinski definition) is 4. The van der Waals surface area contributed by atoms with Gasteiger partial charge in [0, 0.05) is 13.1 Å². The standard InChI is InChI=1S/C31H37NO3/c1-34-31(33)29-19-17-26(18-20-29)21-32-22-30(28-9-3-2-4-10-28)35-23-27-15-13-25(14-16-27)12-11-24-7-5-6-8-24/h2-4,9-10,13-20,24,30,32H,5-8,11-12,21-23H2,1H3/t30-/m0/s1. The molecule has 3 aromatic carbocycles. The topological polar surface area (TPSA) is 47.6 Å². The van der Waals surface area contributed by atoms with Crippen LogP contribution in [-0.4, -0.2) is 19.6 Å². The first-order valence-corrected chi connectivity index (χ1v) is 12.8. The van der Waals surface area contributed by atoms with Crippen molar-refractivity contribution in [3.8, 4) is 0 Å². The summed E-state index contributed by atoms with van der Waals surface area (Å²) < 4.78 is 11.1. The number of rotatable bonds is 12. The minimum atomic E-state index is -0.316. The largest absolute Gasteiger partial charge is 0.465 e. The van der Waals surface area contributed by atoms with Crippen LogP contribution >= 0.6 is 0 Å². The number of hydrogen-bond donors (Lipinski definition) is 1. The maximum absolute atomic E-state index is 11.6. The molecule has 0 spiro atoms. The van der Waals surface area contributed by atoms with Crippen molar-refractivity contribution >= 4 is 5.97 Å². The molecule has 35 heavy (non-hydrogen) atoms. The highest BCUT2D eigenvalue weighted by atomic mass is 16.5. The molecule has 0 bridgehead atoms. The van der Waals surface area contributed by atoms with Crippen LogP contribution in [0.2, 0.25) is 0 Å². The molecule has 0 radical (unpaired) electrons. The van der Waals surface area contributed by atoms with Crippen molar-refractivity contribution in [3.63, 3.8) is 0 Å². The minimum absolute atomic E-state index is 0.0485. The lowest BCUT2D eigenvalue weighted by Gasteiger charge is -2.19. The number of benzene rings is 3. The summed E-state index contributed by atoms with van der Waals surface area (Å²) in [5.74, 6) is 0.617. The van der Waals surface area contributed by atoms with Gasteiger partial charge < -0.3 is 14.8 Å². The van der Waals surface area contributed by atoms with Gasteiger partial charge in [-0.05, 0) is 53.1 Å². The average molecular weight is 472 g/mol. The Balaban J connectivity index is 1.28. The average Bonchev–Trinajstić information content (AvgIpc) is 3.44. The molecule has 1 aliphatic carbocycles. The second-order valence-electron chi connectivity index (χ2n) is 9.54. The predicted octanol–water partition coefficient (Wildman–Crippen LogP) is 6.64. The van der Waals surface area contributed by atoms with Crippen LogP contribution in [0.15, 0.2) is 78.9 Å². The summed E-state index contributed by atoms with van der Waals surface area (Å²) >= 11 is 0. The molecule has 0 saturated heterocycles. The van der Waals surface area contributed by atoms with Crippen molar-refractivity contribution in [2.24, 2.45) is 5.92 Å². The number of carbonyl (C=O) groups excluding carboxylic acids is 1. The summed E-state index contributed by atoms with van der Waals surface area (Å²) in [6.45, 7) is 1.98. The fourth-order valence-corrected chi connectivity index (χ4v) is 4.83. The molecule has 4 nitrogen and oxygen atoms in total. The smallest absolute Gasteiger partial charge is 0.337 e. The summed E-state index contributed by atoms with van der Waals surface area (Å²) in [6.07, 6.45) is 8.12. The maximum Gasteiger partial charge on any atom is 0.337 e. The number of esters is 1. The van der Waals surface area contributed by atoms with Crippen LogP contribution in [0.4, 0.5) is 0 Å². The van der Waals surface area contributed by atoms with Gasteiger partial charge in [0.2, 0.25) is 0 Å². The van der Waals surface area contributed by atoms with Gasteiger partial charge in [0.15, 0.2) is 0 Å². The van der Waals surface area contributed by atoms with Gasteiger partial charge >= 0.3 is 5.97 Å². The highest BCUT2D eigenvalue weighted by Crippen LogP contribution is 2.28. The molecule has 1 aliphatic rings. The normalized spacial score (nSPS) is 14.7. The fourth-order valence-electron chi connectivity index (χ4n) is 4.83. The van der Waals surface area contributed by atoms with Gasteiger partial charge in [0.1, 0.15) is 0 Å². The Morgan fingerprint density at radius 2 is 1.54 bits per heavy atom. The van der Waals surface area contributed by atoms with Crippen LogP contribution in [0, 0.1) is 5.92 Å². The van der Waals surface area contributed by atoms with E-state index in [9.17, 15) is 4.79 Å². The first-order valence-electron chi connectivity index (χ1n) is 12.8. The molecule has 184 valence electrons. The Labute approximate surface area is 209 Å². The zero-order chi connectivity index (χ0) is 24.3. The molecule has 0 aromatic heterocycles. The van der Waals surface area contributed by atoms with Crippen molar-refractivity contribution in [1.29, 1.82) is 0 Å². The molecule has 1 saturated carbocycles. The molecule has 4 rings (SSSR count). The third kappa shape index (κ3) is 7.78. The molecule has 1 atom stereocenters. The summed E-state index contributed by atoms with van der Waals surface area (Å²) in [5.41, 5.74) is 5.47. The second-order valence-corrected chi connectivity index (χ2v) is 9.54. The lowest BCUT2D eigenvalue weighted by atomic mass is 9.98. The molecule has 0 unspecified atom stereocenters. The first-order chi connectivity index (χ1) is 17.2. The van der Waals surface area contributed by atoms with Crippen LogP contribution in [0.25, 0.3) is 0 Å². The van der Waals surface area contributed by atoms with E-state index in [1.807, 2.05) is 18.2 Å². The Hall–Kier alpha value is -2.95. The van der Waals surface area contributed by atoms with Crippen molar-refractivity contribution in [1.82, 2.24) is 5.32 Å². The monoisotopic (exact) mass is 471 g/mol. The zero-order valence-corrected chi connectivity index (χ0v) is 20.7. The van der Waals surface area contributed by atoms with E-state index in [0.29, 0.717) is 25.3 Å². The van der Waals surface area contributed by atoms with Gasteiger partial charge in [-0.2, -0.15) is 0 Å². The van der Waals surface area contributed by atoms with Gasteiger partial charge in [-0.15, -0.1) is 0 Å². The molecule has 1 fully saturated rings. The number of aryl methyl sites for hydroxylation is 1. The number of methoxy groups -OCH3 is 1. The van der Waals surface area contributed by atoms with E-state index in [4.69, 9.17) is 9.47 Å². The highest BCUT2D eigenvalue weighted by Gasteiger charge is 2.15. The molecular weight excluding hydrogens is 434 g/mol. The maximum atomic E-state index is 11.6. The van der Waals surface area contributed by atoms with E-state index < -0.39 is 0 Å². The van der Waals surface area contributed by atoms with Crippen LogP contribution in [0.3, 0.4) is 0 Å². The number of ether oxygens (including phenoxy) is 2. The highest BCUT2D eigenvalue weighted by molar-refractivity contribution is 5.89. The lowest BCUT2D eigenvalue weighted by molar-refractivity contribution is 0.0396. The van der Waals surface area contributed by atoms with E-state index in [1.54, 1.807) is 12.1 Å². The van der Waals surface area contributed by atoms with E-state index >= 15 is 0 Å². The van der Waals surface area contributed by atoms with E-state index in [0.717, 1.165) is 17.0 Å². The van der Waals surface area contributed by atoms with Crippen molar-refractivity contribution in [2.75, 3.05) is 13.7 Å². The quantitative estimate of drug-likeness (QED) is 0.301. The minimum Gasteiger partial charge on any atom is -0.465 e. The molecular formula is C31H37NO3. The van der Waals surface area contributed by atoms with Gasteiger partial charge in [-0.25, -0.2) is 4.79 Å². The summed E-state index contributed by atoms with van der Waals surface area (Å²) in [7, 11) is 1.40. The van der Waals surface area contributed by atoms with Crippen LogP contribution in [0.5, 0.6) is 0 Å². The van der Waals surface area contributed by atoms with Gasteiger partial charge in [0.25, 0.3) is 0 Å². The first kappa shape index (κ1) is 25.2. The third-order valence-electron chi connectivity index (χ3n) is 7.00. The van der Waals surface area contributed by atoms with Gasteiger partial charge in [0.05, 0.1) is 25.4 Å². The Morgan fingerprint density at radius 3 is 2.23 bits per heavy atom. The van der Waals surface area contributed by atoms with Crippen LogP contribution < -0.4 is 5.32 Å². The molecule has 1 N–H and O–H groups in total. The Bertz CT molecular complexity index is 1030. The van der Waals surface area contributed by atoms with Crippen molar-refractivity contribution < 1.29 is 14.3 Å². The predicted molar refractivity (Wildman–Crippen MR) is 140 cm³/mol. The fraction of sp³-hybridized carbons (Fsp3) is 0.387. The van der Waals surface area contributed by atoms with Gasteiger partial charge in [-0.1, -0.05) is 92.4 Å². The number of nitrogens with one attached hydrogen (secondary N) is 1. The summed E-state index contributed by atoms with van der Waals surface area (Å²) in [4.78, 5) is 11.6. The third-order valence-corrected chi connectivity index (χ3v) is 7.00. The van der Waals surface area contributed by atoms with E-state index in [-0.39, 0.29) is 12.1 Å². The lowest BCUT2D eigenvalue weighted by Crippen LogP contribution is -2.23. The molecule has 0 amide bonds. The molecule has 0 aliphatic heterocycles. The van der Waals surface area contributed by atoms with Gasteiger partial charge in [-0.3, -0.25) is 0 Å². The molecule has 0 heterocycles. The SMILES string of the molecule is COC(=O)c1ccc(CNC[C@H](OCc2ccc(CCC3CCCC3)cc2)c2ccccc2)cc1. The molecule has 4 heteroatoms. The van der Waals surface area contributed by atoms with E-state index in [2.05, 4.69) is 53.8 Å². The number of carbonyl (C=O) groups is 1. The Morgan fingerprint density at radius 1 is 0.886 bits per heavy atom. The Kier molecular flexibility index (Phi) is 9.50. The zero-order valence-electron chi connectivity index (χ0n) is 20.7. The van der Waals surface area contributed by atoms with Crippen molar-refractivity contribution in [2.45, 2.75) is 57.8 Å². The summed E-state index contributed by atoms with van der Waals surface area (Å²) in [6, 6.07) is 26.8. The van der Waals surface area contributed by atoms with Crippen LogP contribution in [-0.2, 0) is 29.0 Å². The summed E-state index contributed by atoms with van der Waals surface area (Å²) in [5, 5.41) is 3.51. The van der Waals surface area contributed by atoms with Crippen LogP contribution in [0.1, 0.15) is 70.8 Å². The van der Waals surface area contributed by atoms with Crippen molar-refractivity contribution in [3.05, 3.63) is 107 Å². The van der Waals surface area contributed by atoms with E-state index in [1.165, 1.54) is 56.8 Å².